The van der Waals surface area contributed by atoms with Gasteiger partial charge in [0.2, 0.25) is 0 Å². The molecule has 0 bridgehead atoms. The molecule has 4 heteroatoms. The van der Waals surface area contributed by atoms with Crippen LogP contribution in [-0.4, -0.2) is 11.9 Å². The van der Waals surface area contributed by atoms with Crippen LogP contribution < -0.4 is 9.47 Å². The summed E-state index contributed by atoms with van der Waals surface area (Å²) < 4.78 is 10.9. The lowest BCUT2D eigenvalue weighted by Gasteiger charge is -2.16. The first-order valence-electron chi connectivity index (χ1n) is 9.06. The van der Waals surface area contributed by atoms with Gasteiger partial charge in [0, 0.05) is 19.4 Å². The molecule has 26 heavy (non-hydrogen) atoms. The molecule has 0 aliphatic heterocycles. The Morgan fingerprint density at radius 1 is 0.808 bits per heavy atom. The highest BCUT2D eigenvalue weighted by atomic mass is 16.5. The molecule has 2 rings (SSSR count). The zero-order valence-corrected chi connectivity index (χ0v) is 15.7. The molecule has 138 valence electrons. The summed E-state index contributed by atoms with van der Waals surface area (Å²) in [5, 5.41) is 0. The molecule has 0 aliphatic rings. The fourth-order valence-electron chi connectivity index (χ4n) is 2.84. The standard InChI is InChI=1S/C22H26O4/c1-4-5-11-20-21(25-16(2)23)14-19(15-22(20)26-17(3)24)13-12-18-9-7-6-8-10-18/h6-10,14-15H,4-5,11-13H2,1-3H3. The van der Waals surface area contributed by atoms with Crippen molar-refractivity contribution in [1.82, 2.24) is 0 Å². The van der Waals surface area contributed by atoms with Gasteiger partial charge < -0.3 is 9.47 Å². The zero-order valence-electron chi connectivity index (χ0n) is 15.7. The van der Waals surface area contributed by atoms with Crippen molar-refractivity contribution >= 4 is 11.9 Å². The van der Waals surface area contributed by atoms with Crippen LogP contribution in [0.4, 0.5) is 0 Å². The van der Waals surface area contributed by atoms with Crippen molar-refractivity contribution in [2.24, 2.45) is 0 Å². The van der Waals surface area contributed by atoms with E-state index in [4.69, 9.17) is 9.47 Å². The molecule has 0 saturated heterocycles. The SMILES string of the molecule is CCCCc1c(OC(C)=O)cc(CCc2ccccc2)cc1OC(C)=O. The van der Waals surface area contributed by atoms with Crippen molar-refractivity contribution in [2.45, 2.75) is 52.9 Å². The van der Waals surface area contributed by atoms with Crippen molar-refractivity contribution in [3.8, 4) is 11.5 Å². The fourth-order valence-corrected chi connectivity index (χ4v) is 2.84. The van der Waals surface area contributed by atoms with Gasteiger partial charge in [0.05, 0.1) is 0 Å². The third kappa shape index (κ3) is 6.03. The Balaban J connectivity index is 2.34. The Kier molecular flexibility index (Phi) is 7.39. The molecular formula is C22H26O4. The molecule has 0 amide bonds. The van der Waals surface area contributed by atoms with Gasteiger partial charge in [0.1, 0.15) is 11.5 Å². The first kappa shape index (κ1) is 19.7. The molecule has 0 spiro atoms. The van der Waals surface area contributed by atoms with Crippen LogP contribution >= 0.6 is 0 Å². The van der Waals surface area contributed by atoms with Gasteiger partial charge in [-0.3, -0.25) is 9.59 Å². The largest absolute Gasteiger partial charge is 0.426 e. The minimum Gasteiger partial charge on any atom is -0.426 e. The quantitative estimate of drug-likeness (QED) is 0.511. The second-order valence-corrected chi connectivity index (χ2v) is 6.35. The van der Waals surface area contributed by atoms with E-state index in [9.17, 15) is 9.59 Å². The molecule has 0 aliphatic carbocycles. The first-order chi connectivity index (χ1) is 12.5. The van der Waals surface area contributed by atoms with E-state index in [2.05, 4.69) is 19.1 Å². The highest BCUT2D eigenvalue weighted by Gasteiger charge is 2.16. The molecule has 0 atom stereocenters. The van der Waals surface area contributed by atoms with E-state index < -0.39 is 0 Å². The van der Waals surface area contributed by atoms with Crippen LogP contribution in [-0.2, 0) is 28.9 Å². The molecule has 0 aromatic heterocycles. The minimum atomic E-state index is -0.378. The van der Waals surface area contributed by atoms with Gasteiger partial charge in [0.15, 0.2) is 0 Å². The van der Waals surface area contributed by atoms with E-state index in [0.717, 1.165) is 36.8 Å². The van der Waals surface area contributed by atoms with Crippen LogP contribution in [0.3, 0.4) is 0 Å². The van der Waals surface area contributed by atoms with Crippen LogP contribution in [0.5, 0.6) is 11.5 Å². The third-order valence-electron chi connectivity index (χ3n) is 4.06. The highest BCUT2D eigenvalue weighted by Crippen LogP contribution is 2.33. The van der Waals surface area contributed by atoms with Gasteiger partial charge in [-0.1, -0.05) is 43.7 Å². The number of aryl methyl sites for hydroxylation is 2. The molecule has 4 nitrogen and oxygen atoms in total. The van der Waals surface area contributed by atoms with Crippen molar-refractivity contribution < 1.29 is 19.1 Å². The minimum absolute atomic E-state index is 0.378. The predicted octanol–water partition coefficient (Wildman–Crippen LogP) is 4.67. The first-order valence-corrected chi connectivity index (χ1v) is 9.06. The van der Waals surface area contributed by atoms with Gasteiger partial charge in [0.25, 0.3) is 0 Å². The van der Waals surface area contributed by atoms with Crippen LogP contribution in [0, 0.1) is 0 Å². The summed E-state index contributed by atoms with van der Waals surface area (Å²) >= 11 is 0. The number of benzene rings is 2. The van der Waals surface area contributed by atoms with Crippen LogP contribution in [0.2, 0.25) is 0 Å². The summed E-state index contributed by atoms with van der Waals surface area (Å²) in [6.45, 7) is 4.85. The maximum Gasteiger partial charge on any atom is 0.308 e. The molecular weight excluding hydrogens is 328 g/mol. The van der Waals surface area contributed by atoms with E-state index >= 15 is 0 Å². The Morgan fingerprint density at radius 3 is 1.85 bits per heavy atom. The average molecular weight is 354 g/mol. The van der Waals surface area contributed by atoms with E-state index in [-0.39, 0.29) is 11.9 Å². The average Bonchev–Trinajstić information content (AvgIpc) is 2.59. The number of carbonyl (C=O) groups excluding carboxylic acids is 2. The number of unbranched alkanes of at least 4 members (excludes halogenated alkanes) is 1. The Bertz CT molecular complexity index is 713. The van der Waals surface area contributed by atoms with Gasteiger partial charge in [-0.25, -0.2) is 0 Å². The van der Waals surface area contributed by atoms with E-state index in [1.807, 2.05) is 30.3 Å². The van der Waals surface area contributed by atoms with E-state index in [1.54, 1.807) is 0 Å². The van der Waals surface area contributed by atoms with Gasteiger partial charge >= 0.3 is 11.9 Å². The normalized spacial score (nSPS) is 10.4. The van der Waals surface area contributed by atoms with Crippen molar-refractivity contribution in [1.29, 1.82) is 0 Å². The molecule has 0 saturated carbocycles. The van der Waals surface area contributed by atoms with Gasteiger partial charge in [-0.15, -0.1) is 0 Å². The van der Waals surface area contributed by atoms with Crippen LogP contribution in [0.1, 0.15) is 50.3 Å². The van der Waals surface area contributed by atoms with Crippen molar-refractivity contribution in [3.05, 3.63) is 59.2 Å². The second kappa shape index (κ2) is 9.76. The maximum atomic E-state index is 11.5. The predicted molar refractivity (Wildman–Crippen MR) is 102 cm³/mol. The number of esters is 2. The molecule has 0 fully saturated rings. The maximum absolute atomic E-state index is 11.5. The number of rotatable bonds is 8. The number of hydrogen-bond acceptors (Lipinski definition) is 4. The molecule has 0 N–H and O–H groups in total. The number of carbonyl (C=O) groups is 2. The molecule has 0 unspecified atom stereocenters. The second-order valence-electron chi connectivity index (χ2n) is 6.35. The zero-order chi connectivity index (χ0) is 18.9. The summed E-state index contributed by atoms with van der Waals surface area (Å²) in [4.78, 5) is 23.1. The van der Waals surface area contributed by atoms with Crippen molar-refractivity contribution in [2.75, 3.05) is 0 Å². The van der Waals surface area contributed by atoms with Crippen LogP contribution in [0.25, 0.3) is 0 Å². The van der Waals surface area contributed by atoms with Gasteiger partial charge in [-0.2, -0.15) is 0 Å². The monoisotopic (exact) mass is 354 g/mol. The lowest BCUT2D eigenvalue weighted by atomic mass is 9.99. The summed E-state index contributed by atoms with van der Waals surface area (Å²) in [5.74, 6) is 0.231. The Morgan fingerprint density at radius 2 is 1.35 bits per heavy atom. The smallest absolute Gasteiger partial charge is 0.308 e. The molecule has 2 aromatic rings. The topological polar surface area (TPSA) is 52.6 Å². The fraction of sp³-hybridized carbons (Fsp3) is 0.364. The Labute approximate surface area is 155 Å². The lowest BCUT2D eigenvalue weighted by molar-refractivity contribution is -0.132. The molecule has 0 heterocycles. The van der Waals surface area contributed by atoms with E-state index in [0.29, 0.717) is 17.9 Å². The summed E-state index contributed by atoms with van der Waals surface area (Å²) in [7, 11) is 0. The lowest BCUT2D eigenvalue weighted by Crippen LogP contribution is -2.09. The molecule has 2 aromatic carbocycles. The van der Waals surface area contributed by atoms with Crippen molar-refractivity contribution in [3.63, 3.8) is 0 Å². The number of ether oxygens (including phenoxy) is 2. The van der Waals surface area contributed by atoms with Crippen LogP contribution in [0.15, 0.2) is 42.5 Å². The number of hydrogen-bond donors (Lipinski definition) is 0. The summed E-state index contributed by atoms with van der Waals surface area (Å²) in [5.41, 5.74) is 2.98. The van der Waals surface area contributed by atoms with Gasteiger partial charge in [-0.05, 0) is 48.9 Å². The van der Waals surface area contributed by atoms with E-state index in [1.165, 1.54) is 19.4 Å². The highest BCUT2D eigenvalue weighted by molar-refractivity contribution is 5.73. The summed E-state index contributed by atoms with van der Waals surface area (Å²) in [6, 6.07) is 14.0. The summed E-state index contributed by atoms with van der Waals surface area (Å²) in [6.07, 6.45) is 4.23. The molecule has 0 radical (unpaired) electrons. The third-order valence-corrected chi connectivity index (χ3v) is 4.06. The Hall–Kier alpha value is -2.62.